The summed E-state index contributed by atoms with van der Waals surface area (Å²) in [5, 5.41) is 8.63. The van der Waals surface area contributed by atoms with Gasteiger partial charge in [0.15, 0.2) is 0 Å². The van der Waals surface area contributed by atoms with E-state index in [4.69, 9.17) is 10.00 Å². The van der Waals surface area contributed by atoms with E-state index in [0.717, 1.165) is 5.69 Å². The van der Waals surface area contributed by atoms with Gasteiger partial charge in [-0.25, -0.2) is 4.79 Å². The Bertz CT molecular complexity index is 410. The molecule has 1 amide bonds. The van der Waals surface area contributed by atoms with Crippen molar-refractivity contribution in [1.82, 2.24) is 0 Å². The lowest BCUT2D eigenvalue weighted by atomic mass is 10.2. The average Bonchev–Trinajstić information content (AvgIpc) is 2.38. The molecule has 1 aromatic carbocycles. The van der Waals surface area contributed by atoms with E-state index in [1.807, 2.05) is 50.2 Å². The van der Waals surface area contributed by atoms with Gasteiger partial charge >= 0.3 is 6.09 Å². The van der Waals surface area contributed by atoms with Crippen molar-refractivity contribution < 1.29 is 9.53 Å². The first kappa shape index (κ1) is 14.0. The summed E-state index contributed by atoms with van der Waals surface area (Å²) in [7, 11) is 0. The van der Waals surface area contributed by atoms with Crippen molar-refractivity contribution in [2.45, 2.75) is 20.3 Å². The van der Waals surface area contributed by atoms with Gasteiger partial charge in [0, 0.05) is 12.2 Å². The highest BCUT2D eigenvalue weighted by atomic mass is 16.6. The third kappa shape index (κ3) is 4.46. The Hall–Kier alpha value is -2.02. The molecule has 0 fully saturated rings. The number of hydrogen-bond donors (Lipinski definition) is 0. The molecule has 0 radical (unpaired) electrons. The van der Waals surface area contributed by atoms with Gasteiger partial charge in [0.2, 0.25) is 0 Å². The minimum Gasteiger partial charge on any atom is -0.449 e. The normalized spacial score (nSPS) is 9.89. The number of ether oxygens (including phenoxy) is 1. The molecule has 0 atom stereocenters. The SMILES string of the molecule is CC(C)COC(=O)N(CCC#N)c1ccccc1. The van der Waals surface area contributed by atoms with Gasteiger partial charge in [-0.3, -0.25) is 4.90 Å². The number of para-hydroxylation sites is 1. The van der Waals surface area contributed by atoms with E-state index in [0.29, 0.717) is 19.1 Å². The van der Waals surface area contributed by atoms with Crippen LogP contribution in [0.3, 0.4) is 0 Å². The van der Waals surface area contributed by atoms with Gasteiger partial charge in [-0.2, -0.15) is 5.26 Å². The number of anilines is 1. The second-order valence-electron chi connectivity index (χ2n) is 4.37. The molecule has 4 nitrogen and oxygen atoms in total. The molecule has 0 unspecified atom stereocenters. The maximum absolute atomic E-state index is 11.9. The monoisotopic (exact) mass is 246 g/mol. The molecule has 0 saturated carbocycles. The zero-order chi connectivity index (χ0) is 13.4. The molecule has 0 saturated heterocycles. The second kappa shape index (κ2) is 7.33. The highest BCUT2D eigenvalue weighted by Crippen LogP contribution is 2.15. The van der Waals surface area contributed by atoms with Crippen LogP contribution in [0.25, 0.3) is 0 Å². The van der Waals surface area contributed by atoms with Crippen LogP contribution >= 0.6 is 0 Å². The van der Waals surface area contributed by atoms with Crippen LogP contribution in [0, 0.1) is 17.2 Å². The fourth-order valence-electron chi connectivity index (χ4n) is 1.41. The number of rotatable bonds is 5. The van der Waals surface area contributed by atoms with Crippen molar-refractivity contribution in [1.29, 1.82) is 5.26 Å². The number of carbonyl (C=O) groups excluding carboxylic acids is 1. The van der Waals surface area contributed by atoms with E-state index in [1.54, 1.807) is 0 Å². The molecular formula is C14H18N2O2. The molecule has 0 aliphatic carbocycles. The Labute approximate surface area is 108 Å². The Morgan fingerprint density at radius 1 is 1.39 bits per heavy atom. The number of benzene rings is 1. The van der Waals surface area contributed by atoms with Crippen LogP contribution in [0.5, 0.6) is 0 Å². The van der Waals surface area contributed by atoms with E-state index in [1.165, 1.54) is 4.90 Å². The summed E-state index contributed by atoms with van der Waals surface area (Å²) in [6, 6.07) is 11.3. The van der Waals surface area contributed by atoms with Crippen LogP contribution < -0.4 is 4.90 Å². The second-order valence-corrected chi connectivity index (χ2v) is 4.37. The lowest BCUT2D eigenvalue weighted by Crippen LogP contribution is -2.33. The molecule has 0 heterocycles. The number of amides is 1. The third-order valence-electron chi connectivity index (χ3n) is 2.28. The molecule has 0 bridgehead atoms. The Kier molecular flexibility index (Phi) is 5.72. The van der Waals surface area contributed by atoms with Crippen LogP contribution in [0.15, 0.2) is 30.3 Å². The van der Waals surface area contributed by atoms with Gasteiger partial charge in [0.05, 0.1) is 19.1 Å². The molecule has 0 aliphatic heterocycles. The van der Waals surface area contributed by atoms with Crippen LogP contribution in [0.4, 0.5) is 10.5 Å². The molecular weight excluding hydrogens is 228 g/mol. The fraction of sp³-hybridized carbons (Fsp3) is 0.429. The molecule has 0 N–H and O–H groups in total. The molecule has 1 rings (SSSR count). The summed E-state index contributed by atoms with van der Waals surface area (Å²) in [4.78, 5) is 13.4. The number of nitrogens with zero attached hydrogens (tertiary/aromatic N) is 2. The third-order valence-corrected chi connectivity index (χ3v) is 2.28. The first-order chi connectivity index (χ1) is 8.65. The fourth-order valence-corrected chi connectivity index (χ4v) is 1.41. The van der Waals surface area contributed by atoms with Gasteiger partial charge in [-0.05, 0) is 18.1 Å². The Morgan fingerprint density at radius 3 is 2.61 bits per heavy atom. The van der Waals surface area contributed by atoms with Crippen molar-refractivity contribution in [3.63, 3.8) is 0 Å². The van der Waals surface area contributed by atoms with E-state index >= 15 is 0 Å². The van der Waals surface area contributed by atoms with Crippen LogP contribution in [0.2, 0.25) is 0 Å². The minimum atomic E-state index is -0.398. The van der Waals surface area contributed by atoms with Gasteiger partial charge in [-0.15, -0.1) is 0 Å². The molecule has 0 spiro atoms. The summed E-state index contributed by atoms with van der Waals surface area (Å²) in [6.07, 6.45) is -0.115. The van der Waals surface area contributed by atoms with Crippen LogP contribution in [0.1, 0.15) is 20.3 Å². The van der Waals surface area contributed by atoms with Gasteiger partial charge in [0.25, 0.3) is 0 Å². The molecule has 96 valence electrons. The smallest absolute Gasteiger partial charge is 0.414 e. The first-order valence-corrected chi connectivity index (χ1v) is 6.01. The highest BCUT2D eigenvalue weighted by Gasteiger charge is 2.16. The summed E-state index contributed by atoms with van der Waals surface area (Å²) in [5.74, 6) is 0.294. The zero-order valence-corrected chi connectivity index (χ0v) is 10.8. The van der Waals surface area contributed by atoms with Crippen molar-refractivity contribution in [2.24, 2.45) is 5.92 Å². The predicted molar refractivity (Wildman–Crippen MR) is 70.2 cm³/mol. The summed E-state index contributed by atoms with van der Waals surface area (Å²) in [6.45, 7) is 4.69. The van der Waals surface area contributed by atoms with Gasteiger partial charge in [0.1, 0.15) is 0 Å². The highest BCUT2D eigenvalue weighted by molar-refractivity contribution is 5.87. The molecule has 0 aliphatic rings. The Morgan fingerprint density at radius 2 is 2.06 bits per heavy atom. The molecule has 4 heteroatoms. The van der Waals surface area contributed by atoms with E-state index in [9.17, 15) is 4.79 Å². The lowest BCUT2D eigenvalue weighted by molar-refractivity contribution is 0.140. The summed E-state index contributed by atoms with van der Waals surface area (Å²) in [5.41, 5.74) is 0.751. The topological polar surface area (TPSA) is 53.3 Å². The van der Waals surface area contributed by atoms with E-state index in [2.05, 4.69) is 0 Å². The van der Waals surface area contributed by atoms with Gasteiger partial charge in [-0.1, -0.05) is 32.0 Å². The maximum atomic E-state index is 11.9. The summed E-state index contributed by atoms with van der Waals surface area (Å²) >= 11 is 0. The minimum absolute atomic E-state index is 0.283. The largest absolute Gasteiger partial charge is 0.449 e. The Balaban J connectivity index is 2.72. The maximum Gasteiger partial charge on any atom is 0.414 e. The van der Waals surface area contributed by atoms with Crippen LogP contribution in [-0.2, 0) is 4.74 Å². The standard InChI is InChI=1S/C14H18N2O2/c1-12(2)11-18-14(17)16(10-6-9-15)13-7-4-3-5-8-13/h3-5,7-8,12H,6,10-11H2,1-2H3. The average molecular weight is 246 g/mol. The molecule has 18 heavy (non-hydrogen) atoms. The van der Waals surface area contributed by atoms with E-state index in [-0.39, 0.29) is 6.42 Å². The summed E-state index contributed by atoms with van der Waals surface area (Å²) < 4.78 is 5.19. The van der Waals surface area contributed by atoms with Crippen molar-refractivity contribution in [3.8, 4) is 6.07 Å². The molecule has 1 aromatic rings. The van der Waals surface area contributed by atoms with Crippen molar-refractivity contribution >= 4 is 11.8 Å². The molecule has 0 aromatic heterocycles. The number of nitriles is 1. The number of carbonyl (C=O) groups is 1. The first-order valence-electron chi connectivity index (χ1n) is 6.01. The van der Waals surface area contributed by atoms with Gasteiger partial charge < -0.3 is 4.74 Å². The van der Waals surface area contributed by atoms with E-state index < -0.39 is 6.09 Å². The van der Waals surface area contributed by atoms with Crippen molar-refractivity contribution in [2.75, 3.05) is 18.1 Å². The van der Waals surface area contributed by atoms with Crippen molar-refractivity contribution in [3.05, 3.63) is 30.3 Å². The predicted octanol–water partition coefficient (Wildman–Crippen LogP) is 3.20. The van der Waals surface area contributed by atoms with Crippen LogP contribution in [-0.4, -0.2) is 19.2 Å². The zero-order valence-electron chi connectivity index (χ0n) is 10.8. The number of hydrogen-bond acceptors (Lipinski definition) is 3. The quantitative estimate of drug-likeness (QED) is 0.801. The lowest BCUT2D eigenvalue weighted by Gasteiger charge is -2.21.